The highest BCUT2D eigenvalue weighted by atomic mass is 32.2. The van der Waals surface area contributed by atoms with Crippen LogP contribution in [-0.4, -0.2) is 49.7 Å². The number of hydrogen-bond acceptors (Lipinski definition) is 5. The number of aromatic amines is 1. The highest BCUT2D eigenvalue weighted by molar-refractivity contribution is 7.91. The van der Waals surface area contributed by atoms with Crippen LogP contribution in [0.25, 0.3) is 10.9 Å². The fourth-order valence-corrected chi connectivity index (χ4v) is 5.50. The summed E-state index contributed by atoms with van der Waals surface area (Å²) in [5.41, 5.74) is 2.88. The van der Waals surface area contributed by atoms with Crippen LogP contribution in [0.15, 0.2) is 82.7 Å². The number of H-pyrrole nitrogens is 1. The van der Waals surface area contributed by atoms with E-state index < -0.39 is 15.7 Å². The van der Waals surface area contributed by atoms with Crippen molar-refractivity contribution >= 4 is 26.4 Å². The lowest BCUT2D eigenvalue weighted by Crippen LogP contribution is -2.45. The predicted molar refractivity (Wildman–Crippen MR) is 122 cm³/mol. The Morgan fingerprint density at radius 1 is 0.906 bits per heavy atom. The number of rotatable bonds is 5. The van der Waals surface area contributed by atoms with Gasteiger partial charge < -0.3 is 4.90 Å². The molecular formula is C24H23FN4O2S. The van der Waals surface area contributed by atoms with Gasteiger partial charge in [-0.1, -0.05) is 36.4 Å². The Morgan fingerprint density at radius 2 is 1.69 bits per heavy atom. The van der Waals surface area contributed by atoms with E-state index in [1.807, 2.05) is 24.3 Å². The van der Waals surface area contributed by atoms with Crippen LogP contribution in [-0.2, 0) is 16.4 Å². The number of benzene rings is 3. The molecule has 1 aliphatic heterocycles. The smallest absolute Gasteiger partial charge is 0.226 e. The van der Waals surface area contributed by atoms with Crippen molar-refractivity contribution < 1.29 is 12.8 Å². The summed E-state index contributed by atoms with van der Waals surface area (Å²) in [5, 5.41) is 7.28. The van der Waals surface area contributed by atoms with Crippen molar-refractivity contribution in [3.8, 4) is 0 Å². The second kappa shape index (κ2) is 8.37. The van der Waals surface area contributed by atoms with E-state index in [9.17, 15) is 12.8 Å². The Balaban J connectivity index is 1.38. The maximum absolute atomic E-state index is 13.6. The zero-order chi connectivity index (χ0) is 22.1. The Bertz CT molecular complexity index is 1350. The minimum absolute atomic E-state index is 0.0809. The summed E-state index contributed by atoms with van der Waals surface area (Å²) in [5.74, 6) is -0.597. The standard InChI is InChI=1S/C24H23FN4O2S/c25-19-7-4-8-21(15-19)32(30,31)24-22-16-20(9-10-23(22)26-27-24)29-13-11-28(12-14-29)17-18-5-2-1-3-6-18/h1-10,15-16H,11-14,17H2,(H,26,27). The molecular weight excluding hydrogens is 427 g/mol. The van der Waals surface area contributed by atoms with Crippen LogP contribution >= 0.6 is 0 Å². The van der Waals surface area contributed by atoms with Gasteiger partial charge in [0.2, 0.25) is 9.84 Å². The topological polar surface area (TPSA) is 69.3 Å². The summed E-state index contributed by atoms with van der Waals surface area (Å²) in [6.45, 7) is 4.47. The average Bonchev–Trinajstić information content (AvgIpc) is 3.24. The summed E-state index contributed by atoms with van der Waals surface area (Å²) >= 11 is 0. The van der Waals surface area contributed by atoms with Crippen molar-refractivity contribution in [3.05, 3.63) is 84.2 Å². The molecule has 8 heteroatoms. The van der Waals surface area contributed by atoms with E-state index in [0.717, 1.165) is 44.5 Å². The molecule has 0 atom stereocenters. The Labute approximate surface area is 186 Å². The Hall–Kier alpha value is -3.23. The number of piperazine rings is 1. The first kappa shape index (κ1) is 20.7. The molecule has 1 fully saturated rings. The maximum Gasteiger partial charge on any atom is 0.226 e. The first-order valence-electron chi connectivity index (χ1n) is 10.5. The zero-order valence-corrected chi connectivity index (χ0v) is 18.2. The van der Waals surface area contributed by atoms with E-state index in [-0.39, 0.29) is 9.92 Å². The van der Waals surface area contributed by atoms with Crippen molar-refractivity contribution in [3.63, 3.8) is 0 Å². The molecule has 0 spiro atoms. The number of nitrogens with one attached hydrogen (secondary N) is 1. The molecule has 1 saturated heterocycles. The number of sulfone groups is 1. The van der Waals surface area contributed by atoms with E-state index in [4.69, 9.17) is 0 Å². The SMILES string of the molecule is O=S(=O)(c1cccc(F)c1)c1n[nH]c2ccc(N3CCN(Cc4ccccc4)CC3)cc12. The van der Waals surface area contributed by atoms with Gasteiger partial charge in [-0.25, -0.2) is 12.8 Å². The van der Waals surface area contributed by atoms with Crippen LogP contribution in [0.5, 0.6) is 0 Å². The van der Waals surface area contributed by atoms with Gasteiger partial charge in [-0.2, -0.15) is 5.10 Å². The van der Waals surface area contributed by atoms with Gasteiger partial charge in [0.05, 0.1) is 10.4 Å². The second-order valence-electron chi connectivity index (χ2n) is 7.97. The first-order valence-corrected chi connectivity index (χ1v) is 12.0. The lowest BCUT2D eigenvalue weighted by atomic mass is 10.1. The van der Waals surface area contributed by atoms with Crippen LogP contribution in [0, 0.1) is 5.82 Å². The third kappa shape index (κ3) is 3.99. The van der Waals surface area contributed by atoms with Gasteiger partial charge in [0.25, 0.3) is 0 Å². The molecule has 1 N–H and O–H groups in total. The van der Waals surface area contributed by atoms with Gasteiger partial charge in [0.15, 0.2) is 5.03 Å². The van der Waals surface area contributed by atoms with Crippen LogP contribution in [0.1, 0.15) is 5.56 Å². The number of anilines is 1. The summed E-state index contributed by atoms with van der Waals surface area (Å²) in [4.78, 5) is 4.57. The third-order valence-electron chi connectivity index (χ3n) is 5.86. The molecule has 4 aromatic rings. The predicted octanol–water partition coefficient (Wildman–Crippen LogP) is 3.86. The molecule has 0 bridgehead atoms. The maximum atomic E-state index is 13.6. The molecule has 0 aliphatic carbocycles. The fraction of sp³-hybridized carbons (Fsp3) is 0.208. The number of hydrogen-bond donors (Lipinski definition) is 1. The van der Waals surface area contributed by atoms with Crippen molar-refractivity contribution in [1.82, 2.24) is 15.1 Å². The number of halogens is 1. The number of aromatic nitrogens is 2. The summed E-state index contributed by atoms with van der Waals surface area (Å²) in [6, 6.07) is 21.1. The molecule has 0 radical (unpaired) electrons. The van der Waals surface area contributed by atoms with E-state index in [1.54, 1.807) is 0 Å². The Morgan fingerprint density at radius 3 is 2.44 bits per heavy atom. The average molecular weight is 451 g/mol. The van der Waals surface area contributed by atoms with Gasteiger partial charge in [0, 0.05) is 43.8 Å². The monoisotopic (exact) mass is 450 g/mol. The minimum Gasteiger partial charge on any atom is -0.369 e. The van der Waals surface area contributed by atoms with Crippen LogP contribution < -0.4 is 4.90 Å². The summed E-state index contributed by atoms with van der Waals surface area (Å²) < 4.78 is 39.8. The summed E-state index contributed by atoms with van der Waals surface area (Å²) in [7, 11) is -3.94. The minimum atomic E-state index is -3.94. The van der Waals surface area contributed by atoms with Gasteiger partial charge in [-0.15, -0.1) is 0 Å². The van der Waals surface area contributed by atoms with Crippen LogP contribution in [0.2, 0.25) is 0 Å². The number of nitrogens with zero attached hydrogens (tertiary/aromatic N) is 3. The lowest BCUT2D eigenvalue weighted by molar-refractivity contribution is 0.250. The normalized spacial score (nSPS) is 15.3. The van der Waals surface area contributed by atoms with Gasteiger partial charge in [-0.3, -0.25) is 10.00 Å². The van der Waals surface area contributed by atoms with Crippen molar-refractivity contribution in [2.24, 2.45) is 0 Å². The zero-order valence-electron chi connectivity index (χ0n) is 17.4. The van der Waals surface area contributed by atoms with E-state index >= 15 is 0 Å². The van der Waals surface area contributed by atoms with E-state index in [1.165, 1.54) is 23.8 Å². The molecule has 6 nitrogen and oxygen atoms in total. The van der Waals surface area contributed by atoms with E-state index in [2.05, 4.69) is 44.3 Å². The fourth-order valence-electron chi connectivity index (χ4n) is 4.13. The highest BCUT2D eigenvalue weighted by Gasteiger charge is 2.25. The third-order valence-corrected chi connectivity index (χ3v) is 7.55. The largest absolute Gasteiger partial charge is 0.369 e. The van der Waals surface area contributed by atoms with Crippen LogP contribution in [0.3, 0.4) is 0 Å². The molecule has 5 rings (SSSR count). The van der Waals surface area contributed by atoms with Crippen molar-refractivity contribution in [2.75, 3.05) is 31.1 Å². The molecule has 1 aromatic heterocycles. The molecule has 0 unspecified atom stereocenters. The van der Waals surface area contributed by atoms with Crippen LogP contribution in [0.4, 0.5) is 10.1 Å². The molecule has 0 amide bonds. The second-order valence-corrected chi connectivity index (χ2v) is 9.83. The van der Waals surface area contributed by atoms with Crippen molar-refractivity contribution in [1.29, 1.82) is 0 Å². The molecule has 3 aromatic carbocycles. The highest BCUT2D eigenvalue weighted by Crippen LogP contribution is 2.30. The summed E-state index contributed by atoms with van der Waals surface area (Å²) in [6.07, 6.45) is 0. The molecule has 1 aliphatic rings. The quantitative estimate of drug-likeness (QED) is 0.500. The van der Waals surface area contributed by atoms with E-state index in [0.29, 0.717) is 10.9 Å². The van der Waals surface area contributed by atoms with Gasteiger partial charge >= 0.3 is 0 Å². The van der Waals surface area contributed by atoms with Crippen molar-refractivity contribution in [2.45, 2.75) is 16.5 Å². The molecule has 0 saturated carbocycles. The van der Waals surface area contributed by atoms with Gasteiger partial charge in [-0.05, 0) is 42.0 Å². The molecule has 2 heterocycles. The molecule has 164 valence electrons. The molecule has 32 heavy (non-hydrogen) atoms. The number of fused-ring (bicyclic) bond motifs is 1. The first-order chi connectivity index (χ1) is 15.5. The lowest BCUT2D eigenvalue weighted by Gasteiger charge is -2.36. The Kier molecular flexibility index (Phi) is 5.40. The van der Waals surface area contributed by atoms with Gasteiger partial charge in [0.1, 0.15) is 5.82 Å².